The largest absolute Gasteiger partial charge is 0.484 e. The van der Waals surface area contributed by atoms with E-state index in [9.17, 15) is 9.18 Å². The lowest BCUT2D eigenvalue weighted by molar-refractivity contribution is -0.113. The van der Waals surface area contributed by atoms with Gasteiger partial charge in [-0.25, -0.2) is 9.37 Å². The van der Waals surface area contributed by atoms with Gasteiger partial charge in [0.2, 0.25) is 5.91 Å². The van der Waals surface area contributed by atoms with Crippen molar-refractivity contribution in [2.45, 2.75) is 32.2 Å². The molecule has 1 N–H and O–H groups in total. The van der Waals surface area contributed by atoms with E-state index >= 15 is 0 Å². The third-order valence-electron chi connectivity index (χ3n) is 5.24. The number of ether oxygens (including phenoxy) is 1. The number of aromatic nitrogens is 4. The molecule has 2 aromatic heterocycles. The second-order valence-electron chi connectivity index (χ2n) is 7.84. The summed E-state index contributed by atoms with van der Waals surface area (Å²) in [7, 11) is 0. The highest BCUT2D eigenvalue weighted by Gasteiger charge is 2.16. The van der Waals surface area contributed by atoms with Gasteiger partial charge in [-0.05, 0) is 49.2 Å². The molecule has 7 nitrogen and oxygen atoms in total. The van der Waals surface area contributed by atoms with Gasteiger partial charge in [0, 0.05) is 17.5 Å². The Morgan fingerprint density at radius 3 is 2.83 bits per heavy atom. The summed E-state index contributed by atoms with van der Waals surface area (Å²) in [6.45, 7) is 8.40. The molecule has 0 saturated heterocycles. The number of amides is 1. The Hall–Kier alpha value is -3.21. The Morgan fingerprint density at radius 1 is 1.25 bits per heavy atom. The van der Waals surface area contributed by atoms with E-state index in [-0.39, 0.29) is 23.3 Å². The van der Waals surface area contributed by atoms with Crippen LogP contribution >= 0.6 is 34.7 Å². The molecule has 2 heterocycles. The van der Waals surface area contributed by atoms with Crippen molar-refractivity contribution in [2.75, 3.05) is 11.1 Å². The number of nitrogens with one attached hydrogen (secondary N) is 1. The van der Waals surface area contributed by atoms with Crippen LogP contribution in [0.5, 0.6) is 5.75 Å². The van der Waals surface area contributed by atoms with Gasteiger partial charge in [0.25, 0.3) is 0 Å². The number of rotatable bonds is 10. The number of carbonyl (C=O) groups is 1. The van der Waals surface area contributed by atoms with Crippen LogP contribution in [0, 0.1) is 19.7 Å². The lowest BCUT2D eigenvalue weighted by Gasteiger charge is -2.10. The third-order valence-corrected chi connectivity index (χ3v) is 7.26. The zero-order valence-corrected chi connectivity index (χ0v) is 22.0. The van der Waals surface area contributed by atoms with E-state index in [1.807, 2.05) is 11.4 Å². The van der Waals surface area contributed by atoms with Crippen LogP contribution < -0.4 is 10.1 Å². The molecule has 0 unspecified atom stereocenters. The molecule has 0 radical (unpaired) electrons. The SMILES string of the molecule is C=CCn1c(COc2ccc(F)cc2Cl)nnc1SCC(=O)Nc1nc(-c2ccc(C)c(C)c2)cs1. The van der Waals surface area contributed by atoms with Gasteiger partial charge in [-0.3, -0.25) is 9.36 Å². The molecule has 0 bridgehead atoms. The van der Waals surface area contributed by atoms with Crippen LogP contribution in [-0.4, -0.2) is 31.4 Å². The molecule has 186 valence electrons. The number of hydrogen-bond acceptors (Lipinski definition) is 7. The number of hydrogen-bond donors (Lipinski definition) is 1. The molecule has 0 aliphatic rings. The standard InChI is InChI=1S/C25H23ClFN5O2S2/c1-4-9-32-22(12-34-21-8-7-18(27)11-19(21)26)30-31-25(32)36-14-23(33)29-24-28-20(13-35-24)17-6-5-15(2)16(3)10-17/h4-8,10-11,13H,1,9,12,14H2,2-3H3,(H,28,29,33). The van der Waals surface area contributed by atoms with Crippen molar-refractivity contribution in [1.29, 1.82) is 0 Å². The summed E-state index contributed by atoms with van der Waals surface area (Å²) in [6.07, 6.45) is 1.70. The lowest BCUT2D eigenvalue weighted by Crippen LogP contribution is -2.15. The van der Waals surface area contributed by atoms with Crippen molar-refractivity contribution in [3.05, 3.63) is 82.2 Å². The van der Waals surface area contributed by atoms with E-state index in [1.54, 1.807) is 10.6 Å². The molecule has 36 heavy (non-hydrogen) atoms. The minimum Gasteiger partial charge on any atom is -0.484 e. The Balaban J connectivity index is 1.36. The number of thioether (sulfide) groups is 1. The highest BCUT2D eigenvalue weighted by molar-refractivity contribution is 7.99. The van der Waals surface area contributed by atoms with Gasteiger partial charge >= 0.3 is 0 Å². The van der Waals surface area contributed by atoms with E-state index in [2.05, 4.69) is 53.1 Å². The highest BCUT2D eigenvalue weighted by Crippen LogP contribution is 2.28. The predicted molar refractivity (Wildman–Crippen MR) is 142 cm³/mol. The topological polar surface area (TPSA) is 81.9 Å². The average molecular weight is 544 g/mol. The lowest BCUT2D eigenvalue weighted by atomic mass is 10.1. The number of anilines is 1. The Kier molecular flexibility index (Phi) is 8.40. The fraction of sp³-hybridized carbons (Fsp3) is 0.200. The number of aryl methyl sites for hydroxylation is 2. The first-order valence-electron chi connectivity index (χ1n) is 10.9. The van der Waals surface area contributed by atoms with Gasteiger partial charge < -0.3 is 10.1 Å². The molecule has 0 aliphatic heterocycles. The number of thiazole rings is 1. The zero-order valence-electron chi connectivity index (χ0n) is 19.6. The summed E-state index contributed by atoms with van der Waals surface area (Å²) >= 11 is 8.65. The van der Waals surface area contributed by atoms with Crippen LogP contribution in [0.15, 0.2) is 59.6 Å². The van der Waals surface area contributed by atoms with Crippen molar-refractivity contribution < 1.29 is 13.9 Å². The van der Waals surface area contributed by atoms with Gasteiger partial charge in [-0.15, -0.1) is 28.1 Å². The Labute approximate surface area is 221 Å². The molecule has 2 aromatic carbocycles. The molecular formula is C25H23ClFN5O2S2. The quantitative estimate of drug-likeness (QED) is 0.186. The van der Waals surface area contributed by atoms with E-state index < -0.39 is 5.82 Å². The first-order valence-corrected chi connectivity index (χ1v) is 13.1. The molecule has 0 spiro atoms. The third kappa shape index (κ3) is 6.31. The van der Waals surface area contributed by atoms with Crippen molar-refractivity contribution >= 4 is 45.7 Å². The molecule has 0 aliphatic carbocycles. The summed E-state index contributed by atoms with van der Waals surface area (Å²) < 4.78 is 20.7. The first-order chi connectivity index (χ1) is 17.3. The maximum atomic E-state index is 13.3. The maximum absolute atomic E-state index is 13.3. The molecule has 0 atom stereocenters. The maximum Gasteiger partial charge on any atom is 0.236 e. The molecule has 0 fully saturated rings. The smallest absolute Gasteiger partial charge is 0.236 e. The van der Waals surface area contributed by atoms with Crippen molar-refractivity contribution in [3.8, 4) is 17.0 Å². The number of benzene rings is 2. The Morgan fingerprint density at radius 2 is 2.08 bits per heavy atom. The van der Waals surface area contributed by atoms with Gasteiger partial charge in [0.1, 0.15) is 18.2 Å². The Bertz CT molecular complexity index is 1410. The predicted octanol–water partition coefficient (Wildman–Crippen LogP) is 6.31. The summed E-state index contributed by atoms with van der Waals surface area (Å²) in [5.41, 5.74) is 4.25. The number of allylic oxidation sites excluding steroid dienone is 1. The fourth-order valence-electron chi connectivity index (χ4n) is 3.23. The van der Waals surface area contributed by atoms with E-state index in [0.717, 1.165) is 11.3 Å². The molecule has 4 aromatic rings. The minimum absolute atomic E-state index is 0.0688. The van der Waals surface area contributed by atoms with Crippen LogP contribution in [0.3, 0.4) is 0 Å². The summed E-state index contributed by atoms with van der Waals surface area (Å²) in [5.74, 6) is 0.335. The molecule has 11 heteroatoms. The van der Waals surface area contributed by atoms with E-state index in [1.165, 1.54) is 52.4 Å². The number of nitrogens with zero attached hydrogens (tertiary/aromatic N) is 4. The van der Waals surface area contributed by atoms with Crippen LogP contribution in [0.4, 0.5) is 9.52 Å². The van der Waals surface area contributed by atoms with E-state index in [0.29, 0.717) is 28.4 Å². The van der Waals surface area contributed by atoms with Gasteiger partial charge in [-0.1, -0.05) is 41.6 Å². The van der Waals surface area contributed by atoms with Crippen LogP contribution in [0.2, 0.25) is 5.02 Å². The van der Waals surface area contributed by atoms with Crippen LogP contribution in [0.25, 0.3) is 11.3 Å². The zero-order chi connectivity index (χ0) is 25.7. The monoisotopic (exact) mass is 543 g/mol. The van der Waals surface area contributed by atoms with Crippen LogP contribution in [-0.2, 0) is 17.9 Å². The molecule has 4 rings (SSSR count). The summed E-state index contributed by atoms with van der Waals surface area (Å²) in [4.78, 5) is 17.1. The van der Waals surface area contributed by atoms with Crippen molar-refractivity contribution in [1.82, 2.24) is 19.7 Å². The molecule has 0 saturated carbocycles. The molecular weight excluding hydrogens is 521 g/mol. The summed E-state index contributed by atoms with van der Waals surface area (Å²) in [5, 5.41) is 14.4. The summed E-state index contributed by atoms with van der Waals surface area (Å²) in [6, 6.07) is 10.1. The van der Waals surface area contributed by atoms with E-state index in [4.69, 9.17) is 16.3 Å². The second-order valence-corrected chi connectivity index (χ2v) is 10.0. The van der Waals surface area contributed by atoms with Gasteiger partial charge in [-0.2, -0.15) is 0 Å². The fourth-order valence-corrected chi connectivity index (χ4v) is 4.95. The molecule has 1 amide bonds. The highest BCUT2D eigenvalue weighted by atomic mass is 35.5. The van der Waals surface area contributed by atoms with Gasteiger partial charge in [0.15, 0.2) is 16.1 Å². The number of carbonyl (C=O) groups excluding carboxylic acids is 1. The second kappa shape index (κ2) is 11.7. The minimum atomic E-state index is -0.446. The first kappa shape index (κ1) is 25.9. The average Bonchev–Trinajstić information content (AvgIpc) is 3.46. The van der Waals surface area contributed by atoms with Crippen molar-refractivity contribution in [2.24, 2.45) is 0 Å². The van der Waals surface area contributed by atoms with Gasteiger partial charge in [0.05, 0.1) is 16.5 Å². The number of halogens is 2. The normalized spacial score (nSPS) is 10.9. The van der Waals surface area contributed by atoms with Crippen LogP contribution in [0.1, 0.15) is 17.0 Å². The van der Waals surface area contributed by atoms with Crippen molar-refractivity contribution in [3.63, 3.8) is 0 Å².